The van der Waals surface area contributed by atoms with Crippen LogP contribution in [0.25, 0.3) is 0 Å². The zero-order valence-electron chi connectivity index (χ0n) is 19.7. The summed E-state index contributed by atoms with van der Waals surface area (Å²) in [4.78, 5) is 13.0. The van der Waals surface area contributed by atoms with Crippen molar-refractivity contribution in [3.8, 4) is 5.75 Å². The molecule has 3 aliphatic rings. The summed E-state index contributed by atoms with van der Waals surface area (Å²) in [6, 6.07) is 4.24. The van der Waals surface area contributed by atoms with Gasteiger partial charge in [0.15, 0.2) is 11.6 Å². The zero-order chi connectivity index (χ0) is 22.5. The number of esters is 1. The van der Waals surface area contributed by atoms with E-state index >= 15 is 0 Å². The van der Waals surface area contributed by atoms with Crippen LogP contribution in [0.15, 0.2) is 18.2 Å². The SMILES string of the molecule is CCCCCC1CCC(C2CCC3C(CCCC3C(=O)Oc3ccc(Cl)cc3F)C2)CC1. The van der Waals surface area contributed by atoms with E-state index in [0.29, 0.717) is 16.9 Å². The second-order valence-corrected chi connectivity index (χ2v) is 11.2. The molecule has 0 bridgehead atoms. The molecule has 0 heterocycles. The van der Waals surface area contributed by atoms with Crippen molar-refractivity contribution in [3.05, 3.63) is 29.0 Å². The van der Waals surface area contributed by atoms with Crippen LogP contribution in [-0.2, 0) is 4.79 Å². The summed E-state index contributed by atoms with van der Waals surface area (Å²) in [6.45, 7) is 2.29. The molecule has 1 aromatic carbocycles. The first-order valence-electron chi connectivity index (χ1n) is 13.2. The first-order chi connectivity index (χ1) is 15.5. The lowest BCUT2D eigenvalue weighted by atomic mass is 9.59. The van der Waals surface area contributed by atoms with Gasteiger partial charge in [0, 0.05) is 5.02 Å². The molecule has 0 spiro atoms. The van der Waals surface area contributed by atoms with E-state index in [2.05, 4.69) is 6.92 Å². The van der Waals surface area contributed by atoms with Crippen LogP contribution >= 0.6 is 11.6 Å². The van der Waals surface area contributed by atoms with Gasteiger partial charge in [-0.25, -0.2) is 4.39 Å². The van der Waals surface area contributed by atoms with Crippen LogP contribution in [0.4, 0.5) is 4.39 Å². The number of benzene rings is 1. The summed E-state index contributed by atoms with van der Waals surface area (Å²) in [7, 11) is 0. The maximum absolute atomic E-state index is 14.1. The van der Waals surface area contributed by atoms with Gasteiger partial charge in [0.2, 0.25) is 0 Å². The van der Waals surface area contributed by atoms with E-state index in [1.807, 2.05) is 0 Å². The van der Waals surface area contributed by atoms with Crippen LogP contribution in [0.2, 0.25) is 5.02 Å². The lowest BCUT2D eigenvalue weighted by molar-refractivity contribution is -0.144. The Morgan fingerprint density at radius 3 is 2.53 bits per heavy atom. The maximum atomic E-state index is 14.1. The Labute approximate surface area is 198 Å². The Morgan fingerprint density at radius 2 is 1.78 bits per heavy atom. The number of carbonyl (C=O) groups excluding carboxylic acids is 1. The molecule has 4 rings (SSSR count). The molecular formula is C28H40ClFO2. The van der Waals surface area contributed by atoms with Gasteiger partial charge in [-0.1, -0.05) is 69.9 Å². The van der Waals surface area contributed by atoms with E-state index in [9.17, 15) is 9.18 Å². The van der Waals surface area contributed by atoms with Crippen molar-refractivity contribution in [2.24, 2.45) is 35.5 Å². The van der Waals surface area contributed by atoms with Crippen molar-refractivity contribution in [2.75, 3.05) is 0 Å². The quantitative estimate of drug-likeness (QED) is 0.230. The summed E-state index contributed by atoms with van der Waals surface area (Å²) >= 11 is 5.83. The van der Waals surface area contributed by atoms with Gasteiger partial charge in [0.05, 0.1) is 5.92 Å². The molecule has 2 nitrogen and oxygen atoms in total. The molecule has 0 amide bonds. The average molecular weight is 463 g/mol. The Kier molecular flexibility index (Phi) is 8.54. The van der Waals surface area contributed by atoms with Crippen molar-refractivity contribution < 1.29 is 13.9 Å². The minimum Gasteiger partial charge on any atom is -0.423 e. The number of halogens is 2. The van der Waals surface area contributed by atoms with E-state index in [1.54, 1.807) is 6.07 Å². The third-order valence-corrected chi connectivity index (χ3v) is 9.10. The molecule has 3 fully saturated rings. The summed E-state index contributed by atoms with van der Waals surface area (Å²) in [5, 5.41) is 0.313. The fourth-order valence-electron chi connectivity index (χ4n) is 7.09. The predicted octanol–water partition coefficient (Wildman–Crippen LogP) is 8.60. The van der Waals surface area contributed by atoms with Crippen molar-refractivity contribution in [1.29, 1.82) is 0 Å². The molecule has 32 heavy (non-hydrogen) atoms. The molecule has 4 atom stereocenters. The van der Waals surface area contributed by atoms with Crippen molar-refractivity contribution in [3.63, 3.8) is 0 Å². The fourth-order valence-corrected chi connectivity index (χ4v) is 7.25. The van der Waals surface area contributed by atoms with Gasteiger partial charge in [0.1, 0.15) is 0 Å². The van der Waals surface area contributed by atoms with Crippen LogP contribution in [0.1, 0.15) is 96.8 Å². The van der Waals surface area contributed by atoms with Crippen LogP contribution in [0, 0.1) is 41.3 Å². The molecule has 0 saturated heterocycles. The standard InChI is InChI=1S/C28H40ClFO2/c1-2-3-4-6-19-9-11-20(12-10-19)21-13-15-24-22(17-21)7-5-8-25(24)28(31)32-27-16-14-23(29)18-26(27)30/h14,16,18-22,24-25H,2-13,15,17H2,1H3. The number of ether oxygens (including phenoxy) is 1. The van der Waals surface area contributed by atoms with Crippen molar-refractivity contribution in [1.82, 2.24) is 0 Å². The Hall–Kier alpha value is -1.09. The summed E-state index contributed by atoms with van der Waals surface area (Å²) < 4.78 is 19.6. The predicted molar refractivity (Wildman–Crippen MR) is 128 cm³/mol. The minimum absolute atomic E-state index is 0.00547. The van der Waals surface area contributed by atoms with Gasteiger partial charge < -0.3 is 4.74 Å². The lowest BCUT2D eigenvalue weighted by Crippen LogP contribution is -2.40. The van der Waals surface area contributed by atoms with Crippen molar-refractivity contribution in [2.45, 2.75) is 96.8 Å². The van der Waals surface area contributed by atoms with E-state index in [-0.39, 0.29) is 17.6 Å². The minimum atomic E-state index is -0.563. The number of rotatable bonds is 7. The third kappa shape index (κ3) is 5.88. The monoisotopic (exact) mass is 462 g/mol. The average Bonchev–Trinajstić information content (AvgIpc) is 2.80. The van der Waals surface area contributed by atoms with E-state index in [4.69, 9.17) is 16.3 Å². The highest BCUT2D eigenvalue weighted by Gasteiger charge is 2.43. The van der Waals surface area contributed by atoms with Gasteiger partial charge >= 0.3 is 5.97 Å². The Morgan fingerprint density at radius 1 is 1.00 bits per heavy atom. The van der Waals surface area contributed by atoms with Crippen LogP contribution in [0.5, 0.6) is 5.75 Å². The Bertz CT molecular complexity index is 758. The topological polar surface area (TPSA) is 26.3 Å². The highest BCUT2D eigenvalue weighted by molar-refractivity contribution is 6.30. The lowest BCUT2D eigenvalue weighted by Gasteiger charge is -2.46. The normalized spacial score (nSPS) is 32.8. The number of carbonyl (C=O) groups is 1. The first-order valence-corrected chi connectivity index (χ1v) is 13.6. The molecule has 0 aliphatic heterocycles. The van der Waals surface area contributed by atoms with Gasteiger partial charge in [-0.05, 0) is 86.3 Å². The van der Waals surface area contributed by atoms with Crippen LogP contribution in [-0.4, -0.2) is 5.97 Å². The van der Waals surface area contributed by atoms with E-state index in [0.717, 1.165) is 37.0 Å². The summed E-state index contributed by atoms with van der Waals surface area (Å²) in [5.74, 6) is 2.87. The maximum Gasteiger partial charge on any atom is 0.314 e. The molecule has 4 heteroatoms. The molecule has 0 radical (unpaired) electrons. The molecule has 178 valence electrons. The number of hydrogen-bond acceptors (Lipinski definition) is 2. The molecule has 0 aromatic heterocycles. The molecule has 3 aliphatic carbocycles. The smallest absolute Gasteiger partial charge is 0.314 e. The summed E-state index contributed by atoms with van der Waals surface area (Å²) in [6.07, 6.45) is 18.1. The Balaban J connectivity index is 1.29. The second kappa shape index (κ2) is 11.4. The number of fused-ring (bicyclic) bond motifs is 1. The molecule has 0 N–H and O–H groups in total. The molecular weight excluding hydrogens is 423 g/mol. The number of unbranched alkanes of at least 4 members (excludes halogenated alkanes) is 2. The fraction of sp³-hybridized carbons (Fsp3) is 0.750. The molecule has 4 unspecified atom stereocenters. The largest absolute Gasteiger partial charge is 0.423 e. The third-order valence-electron chi connectivity index (χ3n) is 8.87. The van der Waals surface area contributed by atoms with Crippen LogP contribution < -0.4 is 4.74 Å². The second-order valence-electron chi connectivity index (χ2n) is 10.8. The highest BCUT2D eigenvalue weighted by atomic mass is 35.5. The van der Waals surface area contributed by atoms with Gasteiger partial charge in [-0.15, -0.1) is 0 Å². The highest BCUT2D eigenvalue weighted by Crippen LogP contribution is 2.50. The summed E-state index contributed by atoms with van der Waals surface area (Å²) in [5.41, 5.74) is 0. The van der Waals surface area contributed by atoms with Crippen LogP contribution in [0.3, 0.4) is 0 Å². The van der Waals surface area contributed by atoms with Crippen molar-refractivity contribution >= 4 is 17.6 Å². The van der Waals surface area contributed by atoms with E-state index < -0.39 is 5.82 Å². The van der Waals surface area contributed by atoms with Gasteiger partial charge in [-0.2, -0.15) is 0 Å². The number of hydrogen-bond donors (Lipinski definition) is 0. The van der Waals surface area contributed by atoms with Gasteiger partial charge in [-0.3, -0.25) is 4.79 Å². The zero-order valence-corrected chi connectivity index (χ0v) is 20.4. The molecule has 1 aromatic rings. The molecule has 3 saturated carbocycles. The van der Waals surface area contributed by atoms with E-state index in [1.165, 1.54) is 82.8 Å². The van der Waals surface area contributed by atoms with Gasteiger partial charge in [0.25, 0.3) is 0 Å². The first kappa shape index (κ1) is 24.0.